The highest BCUT2D eigenvalue weighted by atomic mass is 32.2. The molecule has 0 saturated carbocycles. The summed E-state index contributed by atoms with van der Waals surface area (Å²) >= 11 is 1.47. The molecule has 7 aliphatic rings. The van der Waals surface area contributed by atoms with Crippen LogP contribution in [0.15, 0.2) is 18.2 Å². The van der Waals surface area contributed by atoms with Crippen LogP contribution in [-0.4, -0.2) is 97.9 Å². The van der Waals surface area contributed by atoms with Crippen molar-refractivity contribution < 1.29 is 52.6 Å². The van der Waals surface area contributed by atoms with E-state index < -0.39 is 52.9 Å². The van der Waals surface area contributed by atoms with E-state index in [9.17, 15) is 24.8 Å². The second-order valence-corrected chi connectivity index (χ2v) is 16.8. The topological polar surface area (TPSA) is 178 Å². The van der Waals surface area contributed by atoms with Crippen LogP contribution in [0.4, 0.5) is 0 Å². The van der Waals surface area contributed by atoms with Crippen molar-refractivity contribution in [2.45, 2.75) is 81.5 Å². The number of rotatable bonds is 4. The molecule has 7 heterocycles. The van der Waals surface area contributed by atoms with Crippen molar-refractivity contribution in [2.75, 3.05) is 47.0 Å². The molecule has 15 nitrogen and oxygen atoms in total. The average Bonchev–Trinajstić information content (AvgIpc) is 3.68. The fourth-order valence-corrected chi connectivity index (χ4v) is 12.1. The third-order valence-corrected chi connectivity index (χ3v) is 14.1. The fraction of sp³-hybridized carbons (Fsp3) is 0.476. The average molecular weight is 813 g/mol. The number of hydrogen-bond donors (Lipinski definition) is 2. The highest BCUT2D eigenvalue weighted by molar-refractivity contribution is 7.99. The van der Waals surface area contributed by atoms with Crippen LogP contribution in [0.2, 0.25) is 0 Å². The van der Waals surface area contributed by atoms with E-state index in [1.807, 2.05) is 27.0 Å². The molecule has 2 saturated heterocycles. The highest BCUT2D eigenvalue weighted by Crippen LogP contribution is 2.64. The second-order valence-electron chi connectivity index (χ2n) is 15.7. The summed E-state index contributed by atoms with van der Waals surface area (Å²) in [4.78, 5) is 44.3. The van der Waals surface area contributed by atoms with Gasteiger partial charge in [0, 0.05) is 60.5 Å². The van der Waals surface area contributed by atoms with Crippen molar-refractivity contribution in [3.05, 3.63) is 62.7 Å². The number of nitriles is 1. The number of esters is 3. The molecule has 1 spiro atoms. The number of methoxy groups -OCH3 is 2. The van der Waals surface area contributed by atoms with Gasteiger partial charge in [-0.3, -0.25) is 24.7 Å². The van der Waals surface area contributed by atoms with Gasteiger partial charge in [-0.1, -0.05) is 6.07 Å². The van der Waals surface area contributed by atoms with Gasteiger partial charge in [-0.15, -0.1) is 11.8 Å². The van der Waals surface area contributed by atoms with Gasteiger partial charge in [0.15, 0.2) is 40.0 Å². The summed E-state index contributed by atoms with van der Waals surface area (Å²) in [5.74, 6) is 0.678. The molecule has 2 N–H and O–H groups in total. The summed E-state index contributed by atoms with van der Waals surface area (Å²) in [6, 6.07) is 5.31. The molecule has 0 aromatic heterocycles. The van der Waals surface area contributed by atoms with Gasteiger partial charge < -0.3 is 38.3 Å². The maximum atomic E-state index is 14.9. The number of ether oxygens (including phenoxy) is 7. The van der Waals surface area contributed by atoms with Gasteiger partial charge in [0.25, 0.3) is 0 Å². The largest absolute Gasteiger partial charge is 0.504 e. The van der Waals surface area contributed by atoms with Gasteiger partial charge >= 0.3 is 17.9 Å². The van der Waals surface area contributed by atoms with Crippen LogP contribution < -0.4 is 33.7 Å². The number of carbonyl (C=O) groups is 3. The van der Waals surface area contributed by atoms with Crippen LogP contribution in [0.25, 0.3) is 0 Å². The lowest BCUT2D eigenvalue weighted by molar-refractivity contribution is -0.157. The molecule has 58 heavy (non-hydrogen) atoms. The number of aromatic hydroxyl groups is 1. The van der Waals surface area contributed by atoms with Crippen LogP contribution in [0.1, 0.15) is 75.7 Å². The van der Waals surface area contributed by atoms with E-state index in [0.717, 1.165) is 16.7 Å². The van der Waals surface area contributed by atoms with Crippen molar-refractivity contribution in [1.29, 1.82) is 5.26 Å². The Labute approximate surface area is 339 Å². The van der Waals surface area contributed by atoms with Gasteiger partial charge in [-0.25, -0.2) is 4.79 Å². The fourth-order valence-electron chi connectivity index (χ4n) is 10.4. The lowest BCUT2D eigenvalue weighted by atomic mass is 9.71. The molecule has 3 aromatic rings. The normalized spacial score (nSPS) is 27.9. The summed E-state index contributed by atoms with van der Waals surface area (Å²) in [7, 11) is 4.98. The summed E-state index contributed by atoms with van der Waals surface area (Å²) in [6.45, 7) is 6.52. The molecular formula is C42H44N4O11S. The first-order valence-corrected chi connectivity index (χ1v) is 20.3. The Morgan fingerprint density at radius 3 is 2.45 bits per heavy atom. The number of phenolic OH excluding ortho intramolecular Hbond substituents is 1. The monoisotopic (exact) mass is 812 g/mol. The number of aryl methyl sites for hydroxylation is 1. The maximum absolute atomic E-state index is 14.9. The summed E-state index contributed by atoms with van der Waals surface area (Å²) in [6.07, 6.45) is 1.01. The SMILES string of the molecule is COc1cc2c(cc1OC(C)=O)CCN[C@]21CS[C@@H]2c3c(OC(C)=O)c(C)c4c(c3[C@@H](COC1=O)N1C2[C@@H]2c3c(cc(C)c(OC)c3O)C[C@H]([C@@H]1C#N)N2C)OCO4. The highest BCUT2D eigenvalue weighted by Gasteiger charge is 2.62. The van der Waals surface area contributed by atoms with E-state index in [1.165, 1.54) is 39.8 Å². The van der Waals surface area contributed by atoms with Gasteiger partial charge in [0.1, 0.15) is 18.4 Å². The smallest absolute Gasteiger partial charge is 0.331 e. The van der Waals surface area contributed by atoms with Gasteiger partial charge in [-0.2, -0.15) is 5.26 Å². The molecule has 7 aliphatic heterocycles. The molecule has 4 bridgehead atoms. The molecule has 0 aliphatic carbocycles. The van der Waals surface area contributed by atoms with E-state index in [4.69, 9.17) is 33.2 Å². The number of nitrogens with zero attached hydrogens (tertiary/aromatic N) is 3. The molecule has 3 aromatic carbocycles. The number of benzene rings is 3. The predicted octanol–water partition coefficient (Wildman–Crippen LogP) is 4.21. The van der Waals surface area contributed by atoms with Gasteiger partial charge in [0.2, 0.25) is 6.79 Å². The number of nitrogens with one attached hydrogen (secondary N) is 1. The van der Waals surface area contributed by atoms with Crippen LogP contribution in [-0.2, 0) is 37.5 Å². The van der Waals surface area contributed by atoms with E-state index in [0.29, 0.717) is 70.2 Å². The minimum absolute atomic E-state index is 0.0323. The third kappa shape index (κ3) is 5.39. The zero-order chi connectivity index (χ0) is 40.9. The van der Waals surface area contributed by atoms with Crippen molar-refractivity contribution in [3.8, 4) is 46.3 Å². The number of fused-ring (bicyclic) bond motifs is 9. The minimum Gasteiger partial charge on any atom is -0.504 e. The van der Waals surface area contributed by atoms with Gasteiger partial charge in [-0.05, 0) is 68.1 Å². The van der Waals surface area contributed by atoms with E-state index in [1.54, 1.807) is 12.1 Å². The maximum Gasteiger partial charge on any atom is 0.331 e. The quantitative estimate of drug-likeness (QED) is 0.283. The molecule has 7 atom stereocenters. The summed E-state index contributed by atoms with van der Waals surface area (Å²) in [5, 5.41) is 26.2. The van der Waals surface area contributed by atoms with Crippen LogP contribution in [0.5, 0.6) is 40.2 Å². The number of likely N-dealkylation sites (N-methyl/N-ethyl adjacent to an activating group) is 1. The number of hydrogen-bond acceptors (Lipinski definition) is 16. The predicted molar refractivity (Wildman–Crippen MR) is 208 cm³/mol. The molecule has 304 valence electrons. The number of piperazine rings is 1. The Hall–Kier alpha value is -5.21. The molecule has 2 fully saturated rings. The van der Waals surface area contributed by atoms with Crippen LogP contribution >= 0.6 is 11.8 Å². The Bertz CT molecular complexity index is 2350. The molecule has 0 amide bonds. The Morgan fingerprint density at radius 2 is 1.74 bits per heavy atom. The molecule has 16 heteroatoms. The first-order valence-electron chi connectivity index (χ1n) is 19.2. The Balaban J connectivity index is 1.31. The number of carbonyl (C=O) groups excluding carboxylic acids is 3. The minimum atomic E-state index is -1.40. The van der Waals surface area contributed by atoms with E-state index >= 15 is 0 Å². The zero-order valence-electron chi connectivity index (χ0n) is 33.2. The van der Waals surface area contributed by atoms with Crippen molar-refractivity contribution in [1.82, 2.24) is 15.1 Å². The third-order valence-electron chi connectivity index (χ3n) is 12.7. The van der Waals surface area contributed by atoms with E-state index in [2.05, 4.69) is 21.2 Å². The molecular weight excluding hydrogens is 769 g/mol. The Kier molecular flexibility index (Phi) is 9.23. The number of thioether (sulfide) groups is 1. The summed E-state index contributed by atoms with van der Waals surface area (Å²) < 4.78 is 41.9. The molecule has 0 radical (unpaired) electrons. The first kappa shape index (κ1) is 38.3. The zero-order valence-corrected chi connectivity index (χ0v) is 34.0. The number of phenols is 1. The van der Waals surface area contributed by atoms with Crippen LogP contribution in [0.3, 0.4) is 0 Å². The van der Waals surface area contributed by atoms with Crippen molar-refractivity contribution in [3.63, 3.8) is 0 Å². The van der Waals surface area contributed by atoms with E-state index in [-0.39, 0.29) is 42.4 Å². The van der Waals surface area contributed by atoms with Crippen LogP contribution in [0, 0.1) is 25.2 Å². The first-order chi connectivity index (χ1) is 27.8. The molecule has 1 unspecified atom stereocenters. The Morgan fingerprint density at radius 1 is 0.983 bits per heavy atom. The lowest BCUT2D eigenvalue weighted by Gasteiger charge is -2.62. The summed E-state index contributed by atoms with van der Waals surface area (Å²) in [5.41, 5.74) is 4.29. The molecule has 10 rings (SSSR count). The van der Waals surface area contributed by atoms with Crippen molar-refractivity contribution in [2.24, 2.45) is 0 Å². The standard InChI is InChI=1S/C42H44N4O11S/c1-18-10-23-11-25-26(14-43)46-27-15-53-41(50)42(24-13-28(51-6)29(56-20(3)47)12-22(24)8-9-44-42)16-58-40(34(46)33(45(25)5)30(23)35(49)36(18)52-7)32-31(27)39-38(54-17-55-39)19(2)37(32)57-21(4)48/h10,12-13,25-27,33-34,40,44,49H,8-9,11,15-17H2,1-7H3/t25-,26+,27-,33+,34?,40-,42-/m1/s1. The van der Waals surface area contributed by atoms with Gasteiger partial charge in [0.05, 0.1) is 37.6 Å². The lowest BCUT2D eigenvalue weighted by Crippen LogP contribution is -2.69. The second kappa shape index (κ2) is 14.0. The van der Waals surface area contributed by atoms with Crippen molar-refractivity contribution >= 4 is 29.7 Å².